The minimum Gasteiger partial charge on any atom is -0.339 e. The molecule has 2 amide bonds. The number of nitrogens with zero attached hydrogens (tertiary/aromatic N) is 5. The number of hydrogen-bond donors (Lipinski definition) is 0. The Bertz CT molecular complexity index is 1720. The van der Waals surface area contributed by atoms with E-state index in [1.165, 1.54) is 0 Å². The summed E-state index contributed by atoms with van der Waals surface area (Å²) in [6.07, 6.45) is 5.48. The molecular formula is C39H37N5O2. The second-order valence-electron chi connectivity index (χ2n) is 12.0. The summed E-state index contributed by atoms with van der Waals surface area (Å²) in [7, 11) is 0. The number of carbonyl (C=O) groups excluding carboxylic acids is 2. The van der Waals surface area contributed by atoms with Crippen LogP contribution in [0, 0.1) is 0 Å². The van der Waals surface area contributed by atoms with Crippen molar-refractivity contribution < 1.29 is 9.59 Å². The molecule has 2 saturated heterocycles. The number of aromatic nitrogens is 2. The maximum Gasteiger partial charge on any atom is 0.254 e. The highest BCUT2D eigenvalue weighted by Gasteiger charge is 2.31. The molecule has 2 aromatic heterocycles. The molecule has 3 aromatic carbocycles. The summed E-state index contributed by atoms with van der Waals surface area (Å²) in [5.41, 5.74) is 7.07. The number of carbonyl (C=O) groups is 2. The van der Waals surface area contributed by atoms with Crippen molar-refractivity contribution in [2.45, 2.75) is 18.9 Å². The van der Waals surface area contributed by atoms with Gasteiger partial charge in [0.15, 0.2) is 0 Å². The predicted octanol–water partition coefficient (Wildman–Crippen LogP) is 6.54. The first-order valence-corrected chi connectivity index (χ1v) is 16.1. The standard InChI is InChI=1S/C39H37N5O2/c45-38(32-15-13-29(14-16-32)33-12-7-19-40-28-33)43-20-17-35(18-21-43)42-22-24-44(25-23-42)39(46)34-26-36(30-8-3-1-4-9-30)41-37(27-34)31-10-5-2-6-11-31/h1-16,19,26-28,35H,17-18,20-25H2. The molecule has 0 atom stereocenters. The van der Waals surface area contributed by atoms with Gasteiger partial charge in [-0.1, -0.05) is 78.9 Å². The molecule has 4 heterocycles. The average Bonchev–Trinajstić information content (AvgIpc) is 3.15. The SMILES string of the molecule is O=C(c1ccc(-c2cccnc2)cc1)N1CCC(N2CCN(C(=O)c3cc(-c4ccccc4)nc(-c4ccccc4)c3)CC2)CC1. The fraction of sp³-hybridized carbons (Fsp3) is 0.231. The number of rotatable bonds is 6. The van der Waals surface area contributed by atoms with Gasteiger partial charge in [-0.15, -0.1) is 0 Å². The van der Waals surface area contributed by atoms with Gasteiger partial charge in [0.05, 0.1) is 11.4 Å². The second-order valence-corrected chi connectivity index (χ2v) is 12.0. The Morgan fingerprint density at radius 1 is 0.543 bits per heavy atom. The monoisotopic (exact) mass is 607 g/mol. The number of benzene rings is 3. The maximum absolute atomic E-state index is 13.8. The molecule has 5 aromatic rings. The van der Waals surface area contributed by atoms with Crippen LogP contribution in [0.1, 0.15) is 33.6 Å². The average molecular weight is 608 g/mol. The van der Waals surface area contributed by atoms with E-state index < -0.39 is 0 Å². The molecule has 46 heavy (non-hydrogen) atoms. The lowest BCUT2D eigenvalue weighted by atomic mass is 10.00. The van der Waals surface area contributed by atoms with E-state index in [-0.39, 0.29) is 11.8 Å². The van der Waals surface area contributed by atoms with Crippen LogP contribution in [0.15, 0.2) is 122 Å². The predicted molar refractivity (Wildman–Crippen MR) is 181 cm³/mol. The minimum absolute atomic E-state index is 0.0476. The summed E-state index contributed by atoms with van der Waals surface area (Å²) in [6, 6.07) is 36.1. The van der Waals surface area contributed by atoms with Crippen LogP contribution in [0.2, 0.25) is 0 Å². The lowest BCUT2D eigenvalue weighted by Crippen LogP contribution is -2.54. The summed E-state index contributed by atoms with van der Waals surface area (Å²) in [4.78, 5) is 42.7. The molecule has 0 N–H and O–H groups in total. The fourth-order valence-electron chi connectivity index (χ4n) is 6.60. The van der Waals surface area contributed by atoms with Crippen LogP contribution in [0.4, 0.5) is 0 Å². The summed E-state index contributed by atoms with van der Waals surface area (Å²) in [5, 5.41) is 0. The van der Waals surface area contributed by atoms with Crippen molar-refractivity contribution in [3.05, 3.63) is 133 Å². The molecule has 0 bridgehead atoms. The molecule has 230 valence electrons. The third-order valence-corrected chi connectivity index (χ3v) is 9.21. The number of piperidine rings is 1. The van der Waals surface area contributed by atoms with Crippen LogP contribution < -0.4 is 0 Å². The van der Waals surface area contributed by atoms with Gasteiger partial charge in [0.25, 0.3) is 11.8 Å². The third-order valence-electron chi connectivity index (χ3n) is 9.21. The summed E-state index contributed by atoms with van der Waals surface area (Å²) < 4.78 is 0. The highest BCUT2D eigenvalue weighted by Crippen LogP contribution is 2.27. The fourth-order valence-corrected chi connectivity index (χ4v) is 6.60. The number of amides is 2. The van der Waals surface area contributed by atoms with Gasteiger partial charge < -0.3 is 9.80 Å². The third kappa shape index (κ3) is 6.46. The van der Waals surface area contributed by atoms with E-state index in [9.17, 15) is 9.59 Å². The molecule has 7 heteroatoms. The molecule has 0 unspecified atom stereocenters. The molecule has 7 nitrogen and oxygen atoms in total. The Labute approximate surface area is 270 Å². The van der Waals surface area contributed by atoms with Gasteiger partial charge in [0, 0.05) is 80.0 Å². The number of likely N-dealkylation sites (tertiary alicyclic amines) is 1. The minimum atomic E-state index is 0.0476. The summed E-state index contributed by atoms with van der Waals surface area (Å²) in [5.74, 6) is 0.139. The van der Waals surface area contributed by atoms with Gasteiger partial charge in [0.1, 0.15) is 0 Å². The molecule has 2 aliphatic rings. The first-order valence-electron chi connectivity index (χ1n) is 16.1. The van der Waals surface area contributed by atoms with E-state index in [4.69, 9.17) is 4.98 Å². The molecule has 0 aliphatic carbocycles. The topological polar surface area (TPSA) is 69.6 Å². The van der Waals surface area contributed by atoms with Gasteiger partial charge in [0.2, 0.25) is 0 Å². The Hall–Kier alpha value is -5.14. The van der Waals surface area contributed by atoms with Crippen LogP contribution in [0.5, 0.6) is 0 Å². The van der Waals surface area contributed by atoms with Crippen LogP contribution in [0.3, 0.4) is 0 Å². The Morgan fingerprint density at radius 2 is 1.09 bits per heavy atom. The van der Waals surface area contributed by atoms with E-state index in [2.05, 4.69) is 9.88 Å². The van der Waals surface area contributed by atoms with Crippen molar-refractivity contribution in [2.24, 2.45) is 0 Å². The van der Waals surface area contributed by atoms with E-state index in [1.54, 1.807) is 6.20 Å². The van der Waals surface area contributed by atoms with Gasteiger partial charge in [-0.2, -0.15) is 0 Å². The molecule has 0 spiro atoms. The van der Waals surface area contributed by atoms with E-state index in [0.29, 0.717) is 24.7 Å². The van der Waals surface area contributed by atoms with Crippen molar-refractivity contribution in [3.63, 3.8) is 0 Å². The quantitative estimate of drug-likeness (QED) is 0.219. The zero-order chi connectivity index (χ0) is 31.3. The van der Waals surface area contributed by atoms with Gasteiger partial charge >= 0.3 is 0 Å². The number of hydrogen-bond acceptors (Lipinski definition) is 5. The maximum atomic E-state index is 13.8. The van der Waals surface area contributed by atoms with Gasteiger partial charge in [-0.05, 0) is 54.3 Å². The van der Waals surface area contributed by atoms with Crippen LogP contribution in [-0.2, 0) is 0 Å². The number of pyridine rings is 2. The van der Waals surface area contributed by atoms with Crippen LogP contribution in [0.25, 0.3) is 33.6 Å². The smallest absolute Gasteiger partial charge is 0.254 e. The molecule has 0 saturated carbocycles. The van der Waals surface area contributed by atoms with E-state index in [1.807, 2.05) is 125 Å². The zero-order valence-corrected chi connectivity index (χ0v) is 25.8. The van der Waals surface area contributed by atoms with E-state index >= 15 is 0 Å². The lowest BCUT2D eigenvalue weighted by Gasteiger charge is -2.42. The molecular weight excluding hydrogens is 570 g/mol. The van der Waals surface area contributed by atoms with Crippen molar-refractivity contribution in [2.75, 3.05) is 39.3 Å². The van der Waals surface area contributed by atoms with Crippen molar-refractivity contribution in [1.82, 2.24) is 24.7 Å². The first-order chi connectivity index (χ1) is 22.6. The first kappa shape index (κ1) is 29.6. The molecule has 7 rings (SSSR count). The zero-order valence-electron chi connectivity index (χ0n) is 25.8. The summed E-state index contributed by atoms with van der Waals surface area (Å²) in [6.45, 7) is 4.53. The van der Waals surface area contributed by atoms with Crippen molar-refractivity contribution >= 4 is 11.8 Å². The van der Waals surface area contributed by atoms with E-state index in [0.717, 1.165) is 78.2 Å². The largest absolute Gasteiger partial charge is 0.339 e. The molecule has 0 radical (unpaired) electrons. The van der Waals surface area contributed by atoms with Crippen molar-refractivity contribution in [1.29, 1.82) is 0 Å². The highest BCUT2D eigenvalue weighted by atomic mass is 16.2. The van der Waals surface area contributed by atoms with Crippen LogP contribution in [-0.4, -0.2) is 81.8 Å². The molecule has 2 aliphatic heterocycles. The highest BCUT2D eigenvalue weighted by molar-refractivity contribution is 5.96. The van der Waals surface area contributed by atoms with Gasteiger partial charge in [-0.3, -0.25) is 19.5 Å². The lowest BCUT2D eigenvalue weighted by molar-refractivity contribution is 0.0412. The van der Waals surface area contributed by atoms with Crippen molar-refractivity contribution in [3.8, 4) is 33.6 Å². The van der Waals surface area contributed by atoms with Crippen LogP contribution >= 0.6 is 0 Å². The number of piperazine rings is 1. The van der Waals surface area contributed by atoms with Gasteiger partial charge in [-0.25, -0.2) is 4.98 Å². The Kier molecular flexibility index (Phi) is 8.65. The summed E-state index contributed by atoms with van der Waals surface area (Å²) >= 11 is 0. The normalized spacial score (nSPS) is 15.9. The Balaban J connectivity index is 0.962. The molecule has 2 fully saturated rings. The Morgan fingerprint density at radius 3 is 1.65 bits per heavy atom. The second kappa shape index (κ2) is 13.5.